The lowest BCUT2D eigenvalue weighted by Gasteiger charge is -2.08. The van der Waals surface area contributed by atoms with Crippen molar-refractivity contribution in [1.29, 1.82) is 0 Å². The van der Waals surface area contributed by atoms with E-state index in [0.29, 0.717) is 23.6 Å². The standard InChI is InChI=1S/C14H17NO.C6H4/c1-4-12-7-5-6-8-13(12)14(16)15-10-9-11(2)3;1-2-5-4-6(5)3-1/h1,5-8,11H,9-10H2,2-3H3,(H,15,16);1-4H. The van der Waals surface area contributed by atoms with Gasteiger partial charge in [-0.15, -0.1) is 6.42 Å². The zero-order valence-corrected chi connectivity index (χ0v) is 13.1. The predicted molar refractivity (Wildman–Crippen MR) is 91.6 cm³/mol. The summed E-state index contributed by atoms with van der Waals surface area (Å²) in [6.45, 7) is 4.94. The molecule has 2 aliphatic carbocycles. The summed E-state index contributed by atoms with van der Waals surface area (Å²) in [6, 6.07) is 15.7. The molecule has 0 saturated heterocycles. The second-order valence-electron chi connectivity index (χ2n) is 5.71. The molecule has 2 nitrogen and oxygen atoms in total. The third kappa shape index (κ3) is 4.49. The molecule has 3 rings (SSSR count). The lowest BCUT2D eigenvalue weighted by atomic mass is 10.1. The molecule has 0 atom stereocenters. The van der Waals surface area contributed by atoms with Crippen LogP contribution in [-0.4, -0.2) is 12.5 Å². The van der Waals surface area contributed by atoms with Crippen LogP contribution in [0.2, 0.25) is 0 Å². The smallest absolute Gasteiger partial charge is 0.252 e. The van der Waals surface area contributed by atoms with Crippen LogP contribution >= 0.6 is 0 Å². The molecule has 0 saturated carbocycles. The minimum absolute atomic E-state index is 0.0887. The summed E-state index contributed by atoms with van der Waals surface area (Å²) in [6.07, 6.45) is 6.31. The average molecular weight is 291 g/mol. The van der Waals surface area contributed by atoms with Gasteiger partial charge in [-0.2, -0.15) is 0 Å². The van der Waals surface area contributed by atoms with E-state index in [1.165, 1.54) is 11.1 Å². The number of carbonyl (C=O) groups is 1. The number of terminal acetylenes is 1. The Morgan fingerprint density at radius 3 is 2.32 bits per heavy atom. The molecule has 2 aliphatic rings. The van der Waals surface area contributed by atoms with Crippen molar-refractivity contribution in [3.63, 3.8) is 0 Å². The van der Waals surface area contributed by atoms with Crippen LogP contribution in [0.3, 0.4) is 0 Å². The number of carbonyl (C=O) groups excluding carboxylic acids is 1. The average Bonchev–Trinajstić information content (AvgIpc) is 3.13. The second kappa shape index (κ2) is 7.47. The molecule has 1 N–H and O–H groups in total. The summed E-state index contributed by atoms with van der Waals surface area (Å²) >= 11 is 0. The van der Waals surface area contributed by atoms with Gasteiger partial charge in [0, 0.05) is 12.1 Å². The molecule has 22 heavy (non-hydrogen) atoms. The van der Waals surface area contributed by atoms with Gasteiger partial charge in [-0.25, -0.2) is 0 Å². The highest BCUT2D eigenvalue weighted by Crippen LogP contribution is 2.32. The molecule has 0 bridgehead atoms. The van der Waals surface area contributed by atoms with E-state index in [-0.39, 0.29) is 5.91 Å². The number of fused-ring (bicyclic) bond motifs is 1. The molecule has 112 valence electrons. The van der Waals surface area contributed by atoms with E-state index in [2.05, 4.69) is 49.4 Å². The van der Waals surface area contributed by atoms with Gasteiger partial charge in [0.1, 0.15) is 0 Å². The zero-order chi connectivity index (χ0) is 15.9. The molecule has 1 aromatic carbocycles. The summed E-state index contributed by atoms with van der Waals surface area (Å²) < 4.78 is 0. The Balaban J connectivity index is 0.000000238. The van der Waals surface area contributed by atoms with Crippen molar-refractivity contribution in [1.82, 2.24) is 5.32 Å². The van der Waals surface area contributed by atoms with Crippen molar-refractivity contribution in [2.24, 2.45) is 5.92 Å². The van der Waals surface area contributed by atoms with Gasteiger partial charge in [0.2, 0.25) is 0 Å². The van der Waals surface area contributed by atoms with Crippen LogP contribution in [0.4, 0.5) is 0 Å². The highest BCUT2D eigenvalue weighted by Gasteiger charge is 2.08. The Labute approximate surface area is 132 Å². The SMILES string of the molecule is C#Cc1ccccc1C(=O)NCCC(C)C.c1cc2cc-2c1. The van der Waals surface area contributed by atoms with Gasteiger partial charge in [-0.1, -0.05) is 50.1 Å². The van der Waals surface area contributed by atoms with Crippen molar-refractivity contribution >= 4 is 5.91 Å². The molecule has 0 aliphatic heterocycles. The van der Waals surface area contributed by atoms with Crippen LogP contribution < -0.4 is 5.32 Å². The number of nitrogens with one attached hydrogen (secondary N) is 1. The number of benzene rings is 2. The van der Waals surface area contributed by atoms with Crippen LogP contribution in [0, 0.1) is 18.3 Å². The summed E-state index contributed by atoms with van der Waals surface area (Å²) in [7, 11) is 0. The molecule has 0 aromatic heterocycles. The molecule has 0 radical (unpaired) electrons. The monoisotopic (exact) mass is 291 g/mol. The fraction of sp³-hybridized carbons (Fsp3) is 0.250. The first-order valence-corrected chi connectivity index (χ1v) is 7.56. The lowest BCUT2D eigenvalue weighted by Crippen LogP contribution is -2.26. The molecular weight excluding hydrogens is 270 g/mol. The largest absolute Gasteiger partial charge is 0.352 e. The fourth-order valence-corrected chi connectivity index (χ4v) is 2.05. The quantitative estimate of drug-likeness (QED) is 0.720. The number of hydrogen-bond acceptors (Lipinski definition) is 1. The molecule has 1 aromatic rings. The number of hydrogen-bond donors (Lipinski definition) is 1. The number of rotatable bonds is 4. The van der Waals surface area contributed by atoms with E-state index < -0.39 is 0 Å². The van der Waals surface area contributed by atoms with Crippen LogP contribution in [0.1, 0.15) is 36.2 Å². The van der Waals surface area contributed by atoms with E-state index in [0.717, 1.165) is 6.42 Å². The third-order valence-electron chi connectivity index (χ3n) is 3.45. The van der Waals surface area contributed by atoms with Gasteiger partial charge in [-0.05, 0) is 41.7 Å². The minimum atomic E-state index is -0.0887. The van der Waals surface area contributed by atoms with E-state index in [9.17, 15) is 4.79 Å². The Hall–Kier alpha value is -2.53. The molecule has 0 fully saturated rings. The first-order valence-electron chi connectivity index (χ1n) is 7.56. The van der Waals surface area contributed by atoms with Gasteiger partial charge >= 0.3 is 0 Å². The molecule has 2 heteroatoms. The van der Waals surface area contributed by atoms with Gasteiger partial charge in [0.25, 0.3) is 5.91 Å². The fourth-order valence-electron chi connectivity index (χ4n) is 2.05. The maximum atomic E-state index is 11.8. The maximum Gasteiger partial charge on any atom is 0.252 e. The van der Waals surface area contributed by atoms with E-state index in [4.69, 9.17) is 6.42 Å². The first-order chi connectivity index (χ1) is 10.6. The van der Waals surface area contributed by atoms with Crippen molar-refractivity contribution < 1.29 is 4.79 Å². The lowest BCUT2D eigenvalue weighted by molar-refractivity contribution is 0.0952. The highest BCUT2D eigenvalue weighted by atomic mass is 16.1. The van der Waals surface area contributed by atoms with E-state index in [1.54, 1.807) is 12.1 Å². The summed E-state index contributed by atoms with van der Waals surface area (Å²) in [5.74, 6) is 3.01. The Morgan fingerprint density at radius 2 is 1.82 bits per heavy atom. The molecule has 0 spiro atoms. The zero-order valence-electron chi connectivity index (χ0n) is 13.1. The maximum absolute atomic E-state index is 11.8. The first kappa shape index (κ1) is 15.9. The summed E-state index contributed by atoms with van der Waals surface area (Å²) in [5.41, 5.74) is 4.07. The van der Waals surface area contributed by atoms with Crippen molar-refractivity contribution in [3.8, 4) is 23.5 Å². The van der Waals surface area contributed by atoms with Crippen LogP contribution in [0.15, 0.2) is 48.5 Å². The van der Waals surface area contributed by atoms with E-state index in [1.807, 2.05) is 12.1 Å². The molecule has 0 unspecified atom stereocenters. The van der Waals surface area contributed by atoms with Crippen molar-refractivity contribution in [3.05, 3.63) is 59.7 Å². The minimum Gasteiger partial charge on any atom is -0.352 e. The van der Waals surface area contributed by atoms with Gasteiger partial charge in [0.15, 0.2) is 0 Å². The third-order valence-corrected chi connectivity index (χ3v) is 3.45. The highest BCUT2D eigenvalue weighted by molar-refractivity contribution is 5.96. The number of amides is 1. The normalized spacial score (nSPS) is 10.3. The predicted octanol–water partition coefficient (Wildman–Crippen LogP) is 4.11. The van der Waals surface area contributed by atoms with Gasteiger partial charge < -0.3 is 5.32 Å². The van der Waals surface area contributed by atoms with E-state index >= 15 is 0 Å². The Morgan fingerprint density at radius 1 is 1.14 bits per heavy atom. The molecular formula is C20H21NO. The van der Waals surface area contributed by atoms with Crippen LogP contribution in [0.25, 0.3) is 11.1 Å². The van der Waals surface area contributed by atoms with Gasteiger partial charge in [-0.3, -0.25) is 4.79 Å². The van der Waals surface area contributed by atoms with Crippen molar-refractivity contribution in [2.45, 2.75) is 20.3 Å². The topological polar surface area (TPSA) is 29.1 Å². The van der Waals surface area contributed by atoms with Crippen molar-refractivity contribution in [2.75, 3.05) is 6.54 Å². The molecule has 0 heterocycles. The summed E-state index contributed by atoms with van der Waals surface area (Å²) in [4.78, 5) is 11.8. The summed E-state index contributed by atoms with van der Waals surface area (Å²) in [5, 5.41) is 2.87. The second-order valence-corrected chi connectivity index (χ2v) is 5.71. The molecule has 1 amide bonds. The van der Waals surface area contributed by atoms with Crippen LogP contribution in [-0.2, 0) is 0 Å². The van der Waals surface area contributed by atoms with Crippen LogP contribution in [0.5, 0.6) is 0 Å². The Kier molecular flexibility index (Phi) is 5.38. The Bertz CT molecular complexity index is 678. The van der Waals surface area contributed by atoms with Gasteiger partial charge in [0.05, 0.1) is 5.56 Å².